The molecule has 2 rings (SSSR count). The molecule has 18 heavy (non-hydrogen) atoms. The summed E-state index contributed by atoms with van der Waals surface area (Å²) >= 11 is 5.82. The van der Waals surface area contributed by atoms with E-state index < -0.39 is 5.82 Å². The van der Waals surface area contributed by atoms with Gasteiger partial charge in [-0.3, -0.25) is 0 Å². The fourth-order valence-corrected chi connectivity index (χ4v) is 2.31. The average Bonchev–Trinajstić information content (AvgIpc) is 3.08. The SMILES string of the molecule is CC[C@H](Nc1nc(Cl)c(C#N)cc1F)C1(C)CC1. The highest BCUT2D eigenvalue weighted by Crippen LogP contribution is 2.50. The summed E-state index contributed by atoms with van der Waals surface area (Å²) in [6, 6.07) is 3.12. The van der Waals surface area contributed by atoms with Crippen molar-refractivity contribution in [3.8, 4) is 6.07 Å². The summed E-state index contributed by atoms with van der Waals surface area (Å²) in [4.78, 5) is 3.93. The van der Waals surface area contributed by atoms with E-state index in [0.29, 0.717) is 0 Å². The van der Waals surface area contributed by atoms with Crippen LogP contribution in [0.1, 0.15) is 38.7 Å². The van der Waals surface area contributed by atoms with E-state index in [1.807, 2.05) is 6.07 Å². The lowest BCUT2D eigenvalue weighted by Crippen LogP contribution is -2.28. The van der Waals surface area contributed by atoms with Crippen LogP contribution in [0.3, 0.4) is 0 Å². The normalized spacial score (nSPS) is 17.9. The lowest BCUT2D eigenvalue weighted by atomic mass is 9.96. The van der Waals surface area contributed by atoms with Crippen LogP contribution in [0.25, 0.3) is 0 Å². The molecule has 1 heterocycles. The predicted molar refractivity (Wildman–Crippen MR) is 69.0 cm³/mol. The summed E-state index contributed by atoms with van der Waals surface area (Å²) in [5.41, 5.74) is 0.286. The Bertz CT molecular complexity index is 506. The molecule has 96 valence electrons. The molecule has 0 aromatic carbocycles. The zero-order chi connectivity index (χ0) is 13.3. The number of hydrogen-bond acceptors (Lipinski definition) is 3. The van der Waals surface area contributed by atoms with Crippen molar-refractivity contribution in [2.75, 3.05) is 5.32 Å². The fourth-order valence-electron chi connectivity index (χ4n) is 2.13. The molecule has 0 radical (unpaired) electrons. The highest BCUT2D eigenvalue weighted by molar-refractivity contribution is 6.30. The molecule has 0 amide bonds. The number of nitrogens with zero attached hydrogens (tertiary/aromatic N) is 2. The summed E-state index contributed by atoms with van der Waals surface area (Å²) < 4.78 is 13.8. The van der Waals surface area contributed by atoms with Gasteiger partial charge in [-0.1, -0.05) is 25.4 Å². The van der Waals surface area contributed by atoms with E-state index in [1.165, 1.54) is 0 Å². The molecule has 1 aliphatic rings. The smallest absolute Gasteiger partial charge is 0.166 e. The Hall–Kier alpha value is -1.34. The average molecular weight is 268 g/mol. The van der Waals surface area contributed by atoms with Crippen LogP contribution >= 0.6 is 11.6 Å². The Kier molecular flexibility index (Phi) is 3.45. The van der Waals surface area contributed by atoms with Crippen LogP contribution in [-0.2, 0) is 0 Å². The van der Waals surface area contributed by atoms with Gasteiger partial charge >= 0.3 is 0 Å². The van der Waals surface area contributed by atoms with Crippen LogP contribution in [0.2, 0.25) is 5.15 Å². The standard InChI is InChI=1S/C13H15ClFN3/c1-3-10(13(2)4-5-13)17-12-9(15)6-8(7-16)11(14)18-12/h6,10H,3-5H2,1-2H3,(H,17,18)/t10-/m0/s1. The minimum absolute atomic E-state index is 0.0391. The molecule has 0 unspecified atom stereocenters. The van der Waals surface area contributed by atoms with Gasteiger partial charge in [0.15, 0.2) is 11.6 Å². The van der Waals surface area contributed by atoms with Crippen LogP contribution in [0.4, 0.5) is 10.2 Å². The van der Waals surface area contributed by atoms with Gasteiger partial charge in [0.2, 0.25) is 0 Å². The zero-order valence-corrected chi connectivity index (χ0v) is 11.2. The molecule has 0 spiro atoms. The van der Waals surface area contributed by atoms with Gasteiger partial charge in [-0.2, -0.15) is 5.26 Å². The minimum atomic E-state index is -0.529. The first-order valence-corrected chi connectivity index (χ1v) is 6.40. The van der Waals surface area contributed by atoms with E-state index >= 15 is 0 Å². The molecule has 1 saturated carbocycles. The second-order valence-corrected chi connectivity index (χ2v) is 5.39. The van der Waals surface area contributed by atoms with Crippen molar-refractivity contribution >= 4 is 17.4 Å². The molecule has 1 atom stereocenters. The molecule has 0 bridgehead atoms. The van der Waals surface area contributed by atoms with Crippen LogP contribution in [0.15, 0.2) is 6.07 Å². The van der Waals surface area contributed by atoms with Crippen molar-refractivity contribution in [3.63, 3.8) is 0 Å². The molecule has 3 nitrogen and oxygen atoms in total. The number of pyridine rings is 1. The summed E-state index contributed by atoms with van der Waals surface area (Å²) in [5.74, 6) is -0.391. The maximum atomic E-state index is 13.8. The Morgan fingerprint density at radius 3 is 2.83 bits per heavy atom. The third kappa shape index (κ3) is 2.41. The maximum absolute atomic E-state index is 13.8. The number of nitriles is 1. The second-order valence-electron chi connectivity index (χ2n) is 5.03. The minimum Gasteiger partial charge on any atom is -0.364 e. The predicted octanol–water partition coefficient (Wildman–Crippen LogP) is 3.74. The van der Waals surface area contributed by atoms with Crippen LogP contribution < -0.4 is 5.32 Å². The molecule has 1 fully saturated rings. The number of nitrogens with one attached hydrogen (secondary N) is 1. The second kappa shape index (κ2) is 4.74. The van der Waals surface area contributed by atoms with Gasteiger partial charge in [0.05, 0.1) is 5.56 Å². The molecule has 1 aromatic heterocycles. The van der Waals surface area contributed by atoms with Crippen molar-refractivity contribution in [2.24, 2.45) is 5.41 Å². The van der Waals surface area contributed by atoms with Crippen molar-refractivity contribution in [3.05, 3.63) is 22.6 Å². The van der Waals surface area contributed by atoms with Gasteiger partial charge < -0.3 is 5.32 Å². The van der Waals surface area contributed by atoms with Crippen molar-refractivity contribution < 1.29 is 4.39 Å². The fraction of sp³-hybridized carbons (Fsp3) is 0.538. The molecule has 0 aliphatic heterocycles. The summed E-state index contributed by atoms with van der Waals surface area (Å²) in [7, 11) is 0. The van der Waals surface area contributed by atoms with Crippen molar-refractivity contribution in [1.82, 2.24) is 4.98 Å². The first-order chi connectivity index (χ1) is 8.50. The molecule has 0 saturated heterocycles. The molecular formula is C13H15ClFN3. The van der Waals surface area contributed by atoms with Gasteiger partial charge in [0.1, 0.15) is 11.2 Å². The number of halogens is 2. The number of anilines is 1. The molecule has 1 aliphatic carbocycles. The van der Waals surface area contributed by atoms with Gasteiger partial charge in [-0.15, -0.1) is 0 Å². The summed E-state index contributed by atoms with van der Waals surface area (Å²) in [5, 5.41) is 11.9. The van der Waals surface area contributed by atoms with Crippen molar-refractivity contribution in [1.29, 1.82) is 5.26 Å². The third-order valence-corrected chi connectivity index (χ3v) is 3.94. The monoisotopic (exact) mass is 267 g/mol. The van der Waals surface area contributed by atoms with E-state index in [9.17, 15) is 4.39 Å². The zero-order valence-electron chi connectivity index (χ0n) is 10.4. The molecule has 1 N–H and O–H groups in total. The highest BCUT2D eigenvalue weighted by Gasteiger charge is 2.44. The van der Waals surface area contributed by atoms with E-state index in [2.05, 4.69) is 24.1 Å². The number of rotatable bonds is 4. The van der Waals surface area contributed by atoms with Crippen LogP contribution in [0, 0.1) is 22.6 Å². The van der Waals surface area contributed by atoms with Gasteiger partial charge in [0.25, 0.3) is 0 Å². The van der Waals surface area contributed by atoms with Gasteiger partial charge in [-0.05, 0) is 30.7 Å². The quantitative estimate of drug-likeness (QED) is 0.846. The lowest BCUT2D eigenvalue weighted by Gasteiger charge is -2.24. The van der Waals surface area contributed by atoms with Crippen molar-refractivity contribution in [2.45, 2.75) is 39.2 Å². The summed E-state index contributed by atoms with van der Waals surface area (Å²) in [6.07, 6.45) is 3.18. The van der Waals surface area contributed by atoms with Gasteiger partial charge in [-0.25, -0.2) is 9.37 Å². The van der Waals surface area contributed by atoms with E-state index in [1.54, 1.807) is 0 Å². The molecular weight excluding hydrogens is 253 g/mol. The first-order valence-electron chi connectivity index (χ1n) is 6.03. The Balaban J connectivity index is 2.24. The molecule has 5 heteroatoms. The summed E-state index contributed by atoms with van der Waals surface area (Å²) in [6.45, 7) is 4.24. The van der Waals surface area contributed by atoms with Crippen LogP contribution in [0.5, 0.6) is 0 Å². The maximum Gasteiger partial charge on any atom is 0.166 e. The first kappa shape index (κ1) is 13.1. The topological polar surface area (TPSA) is 48.7 Å². The van der Waals surface area contributed by atoms with E-state index in [-0.39, 0.29) is 28.0 Å². The third-order valence-electron chi connectivity index (χ3n) is 3.65. The molecule has 1 aromatic rings. The van der Waals surface area contributed by atoms with E-state index in [0.717, 1.165) is 25.3 Å². The highest BCUT2D eigenvalue weighted by atomic mass is 35.5. The van der Waals surface area contributed by atoms with Gasteiger partial charge in [0, 0.05) is 6.04 Å². The number of aromatic nitrogens is 1. The van der Waals surface area contributed by atoms with Crippen LogP contribution in [-0.4, -0.2) is 11.0 Å². The number of hydrogen-bond donors (Lipinski definition) is 1. The van der Waals surface area contributed by atoms with E-state index in [4.69, 9.17) is 16.9 Å². The lowest BCUT2D eigenvalue weighted by molar-refractivity contribution is 0.448. The Morgan fingerprint density at radius 2 is 2.33 bits per heavy atom. The largest absolute Gasteiger partial charge is 0.364 e. The Labute approximate surface area is 111 Å². The Morgan fingerprint density at radius 1 is 1.67 bits per heavy atom.